The van der Waals surface area contributed by atoms with Gasteiger partial charge in [-0.1, -0.05) is 11.6 Å². The number of rotatable bonds is 2. The van der Waals surface area contributed by atoms with Crippen LogP contribution in [0.2, 0.25) is 5.02 Å². The van der Waals surface area contributed by atoms with E-state index in [-0.39, 0.29) is 5.95 Å². The molecule has 0 aliphatic carbocycles. The largest absolute Gasteiger partial charge is 0.466 e. The molecule has 2 amide bonds. The molecule has 0 saturated carbocycles. The Balaban J connectivity index is 1.87. The molecule has 1 unspecified atom stereocenters. The minimum absolute atomic E-state index is 0.106. The molecule has 1 aromatic heterocycles. The van der Waals surface area contributed by atoms with Gasteiger partial charge in [0, 0.05) is 16.9 Å². The van der Waals surface area contributed by atoms with E-state index in [1.54, 1.807) is 31.2 Å². The Labute approximate surface area is 137 Å². The first-order valence-corrected chi connectivity index (χ1v) is 7.17. The number of ether oxygens (including phenoxy) is 1. The Bertz CT molecular complexity index is 811. The van der Waals surface area contributed by atoms with Crippen molar-refractivity contribution in [2.24, 2.45) is 0 Å². The Morgan fingerprint density at radius 3 is 2.91 bits per heavy atom. The monoisotopic (exact) mass is 332 g/mol. The van der Waals surface area contributed by atoms with Crippen LogP contribution < -0.4 is 15.4 Å². The molecule has 0 radical (unpaired) electrons. The molecule has 3 rings (SSSR count). The fourth-order valence-electron chi connectivity index (χ4n) is 2.08. The minimum atomic E-state index is -1.74. The van der Waals surface area contributed by atoms with Gasteiger partial charge in [-0.2, -0.15) is 0 Å². The number of nitrogens with one attached hydrogen (secondary N) is 2. The molecule has 2 aromatic rings. The molecule has 0 fully saturated rings. The quantitative estimate of drug-likeness (QED) is 0.822. The number of halogens is 1. The molecule has 23 heavy (non-hydrogen) atoms. The standard InChI is InChI=1S/C15H13ClN4O3/c1-8-5-6-17-14(18-8)20-13(22)15(2)12(21)19-10-7-9(16)3-4-11(10)23-15/h3-7H,1-2H3,(H,19,21)(H,17,18,20,22). The maximum atomic E-state index is 12.5. The lowest BCUT2D eigenvalue weighted by Crippen LogP contribution is -2.56. The molecule has 1 aromatic carbocycles. The molecule has 118 valence electrons. The number of benzene rings is 1. The molecule has 8 heteroatoms. The summed E-state index contributed by atoms with van der Waals surface area (Å²) in [5.74, 6) is -0.801. The van der Waals surface area contributed by atoms with E-state index in [9.17, 15) is 9.59 Å². The minimum Gasteiger partial charge on any atom is -0.466 e. The van der Waals surface area contributed by atoms with Gasteiger partial charge in [0.2, 0.25) is 5.95 Å². The van der Waals surface area contributed by atoms with E-state index < -0.39 is 17.4 Å². The van der Waals surface area contributed by atoms with E-state index in [4.69, 9.17) is 16.3 Å². The number of fused-ring (bicyclic) bond motifs is 1. The summed E-state index contributed by atoms with van der Waals surface area (Å²) in [6.07, 6.45) is 1.51. The molecule has 2 N–H and O–H groups in total. The zero-order valence-corrected chi connectivity index (χ0v) is 13.1. The van der Waals surface area contributed by atoms with Crippen LogP contribution in [0.5, 0.6) is 5.75 Å². The van der Waals surface area contributed by atoms with Crippen molar-refractivity contribution in [3.8, 4) is 5.75 Å². The third-order valence-electron chi connectivity index (χ3n) is 3.39. The first kappa shape index (κ1) is 15.2. The van der Waals surface area contributed by atoms with Gasteiger partial charge >= 0.3 is 0 Å². The Hall–Kier alpha value is -2.67. The summed E-state index contributed by atoms with van der Waals surface area (Å²) < 4.78 is 5.61. The third-order valence-corrected chi connectivity index (χ3v) is 3.63. The van der Waals surface area contributed by atoms with Crippen molar-refractivity contribution in [1.82, 2.24) is 9.97 Å². The summed E-state index contributed by atoms with van der Waals surface area (Å²) >= 11 is 5.88. The fraction of sp³-hybridized carbons (Fsp3) is 0.200. The SMILES string of the molecule is Cc1ccnc(NC(=O)C2(C)Oc3ccc(Cl)cc3NC2=O)n1. The Kier molecular flexibility index (Phi) is 3.65. The molecule has 1 atom stereocenters. The van der Waals surface area contributed by atoms with Gasteiger partial charge in [-0.05, 0) is 38.1 Å². The van der Waals surface area contributed by atoms with Gasteiger partial charge in [-0.15, -0.1) is 0 Å². The molecule has 2 heterocycles. The van der Waals surface area contributed by atoms with Crippen LogP contribution in [0.15, 0.2) is 30.5 Å². The van der Waals surface area contributed by atoms with Crippen LogP contribution in [-0.4, -0.2) is 27.4 Å². The Morgan fingerprint density at radius 2 is 2.17 bits per heavy atom. The van der Waals surface area contributed by atoms with Gasteiger partial charge in [-0.3, -0.25) is 14.9 Å². The van der Waals surface area contributed by atoms with Gasteiger partial charge in [-0.25, -0.2) is 9.97 Å². The van der Waals surface area contributed by atoms with E-state index in [1.165, 1.54) is 13.1 Å². The van der Waals surface area contributed by atoms with Crippen molar-refractivity contribution < 1.29 is 14.3 Å². The third kappa shape index (κ3) is 2.83. The second kappa shape index (κ2) is 5.51. The number of amides is 2. The number of aromatic nitrogens is 2. The average molecular weight is 333 g/mol. The van der Waals surface area contributed by atoms with Crippen LogP contribution in [0.3, 0.4) is 0 Å². The van der Waals surface area contributed by atoms with Crippen LogP contribution in [0.25, 0.3) is 0 Å². The van der Waals surface area contributed by atoms with Crippen molar-refractivity contribution in [1.29, 1.82) is 0 Å². The smallest absolute Gasteiger partial charge is 0.280 e. The average Bonchev–Trinajstić information content (AvgIpc) is 2.49. The van der Waals surface area contributed by atoms with E-state index in [1.807, 2.05) is 0 Å². The zero-order chi connectivity index (χ0) is 16.6. The summed E-state index contributed by atoms with van der Waals surface area (Å²) in [6, 6.07) is 6.45. The van der Waals surface area contributed by atoms with Gasteiger partial charge in [0.05, 0.1) is 5.69 Å². The molecule has 0 spiro atoms. The number of nitrogens with zero attached hydrogens (tertiary/aromatic N) is 2. The predicted molar refractivity (Wildman–Crippen MR) is 84.5 cm³/mol. The molecule has 0 bridgehead atoms. The van der Waals surface area contributed by atoms with Crippen LogP contribution in [0.1, 0.15) is 12.6 Å². The highest BCUT2D eigenvalue weighted by Crippen LogP contribution is 2.35. The normalized spacial score (nSPS) is 19.3. The first-order valence-electron chi connectivity index (χ1n) is 6.79. The molecular weight excluding hydrogens is 320 g/mol. The van der Waals surface area contributed by atoms with E-state index in [0.29, 0.717) is 22.2 Å². The van der Waals surface area contributed by atoms with Crippen molar-refractivity contribution >= 4 is 35.1 Å². The highest BCUT2D eigenvalue weighted by atomic mass is 35.5. The summed E-state index contributed by atoms with van der Waals surface area (Å²) in [4.78, 5) is 32.8. The van der Waals surface area contributed by atoms with Crippen molar-refractivity contribution in [3.63, 3.8) is 0 Å². The number of carbonyl (C=O) groups excluding carboxylic acids is 2. The Morgan fingerprint density at radius 1 is 1.39 bits per heavy atom. The number of aryl methyl sites for hydroxylation is 1. The van der Waals surface area contributed by atoms with Crippen molar-refractivity contribution in [3.05, 3.63) is 41.2 Å². The van der Waals surface area contributed by atoms with Crippen LogP contribution >= 0.6 is 11.6 Å². The number of hydrogen-bond acceptors (Lipinski definition) is 5. The summed E-state index contributed by atoms with van der Waals surface area (Å²) in [6.45, 7) is 3.15. The highest BCUT2D eigenvalue weighted by Gasteiger charge is 2.47. The van der Waals surface area contributed by atoms with Crippen molar-refractivity contribution in [2.75, 3.05) is 10.6 Å². The van der Waals surface area contributed by atoms with Crippen LogP contribution in [-0.2, 0) is 9.59 Å². The molecular formula is C15H13ClN4O3. The molecule has 1 aliphatic heterocycles. The predicted octanol–water partition coefficient (Wildman–Crippen LogP) is 2.17. The topological polar surface area (TPSA) is 93.2 Å². The van der Waals surface area contributed by atoms with Crippen LogP contribution in [0.4, 0.5) is 11.6 Å². The second-order valence-corrected chi connectivity index (χ2v) is 5.64. The number of carbonyl (C=O) groups is 2. The zero-order valence-electron chi connectivity index (χ0n) is 12.4. The summed E-state index contributed by atoms with van der Waals surface area (Å²) in [5, 5.41) is 5.56. The lowest BCUT2D eigenvalue weighted by Gasteiger charge is -2.33. The van der Waals surface area contributed by atoms with E-state index in [2.05, 4.69) is 20.6 Å². The highest BCUT2D eigenvalue weighted by molar-refractivity contribution is 6.31. The molecule has 7 nitrogen and oxygen atoms in total. The van der Waals surface area contributed by atoms with Crippen LogP contribution in [0, 0.1) is 6.92 Å². The molecule has 0 saturated heterocycles. The van der Waals surface area contributed by atoms with Crippen molar-refractivity contribution in [2.45, 2.75) is 19.4 Å². The second-order valence-electron chi connectivity index (χ2n) is 5.21. The fourth-order valence-corrected chi connectivity index (χ4v) is 2.25. The summed E-state index contributed by atoms with van der Waals surface area (Å²) in [7, 11) is 0. The summed E-state index contributed by atoms with van der Waals surface area (Å²) in [5.41, 5.74) is -0.637. The van der Waals surface area contributed by atoms with Gasteiger partial charge in [0.25, 0.3) is 17.4 Å². The molecule has 1 aliphatic rings. The van der Waals surface area contributed by atoms with Gasteiger partial charge in [0.15, 0.2) is 0 Å². The number of hydrogen-bond donors (Lipinski definition) is 2. The maximum absolute atomic E-state index is 12.5. The van der Waals surface area contributed by atoms with E-state index >= 15 is 0 Å². The first-order chi connectivity index (χ1) is 10.9. The van der Waals surface area contributed by atoms with E-state index in [0.717, 1.165) is 0 Å². The lowest BCUT2D eigenvalue weighted by molar-refractivity contribution is -0.143. The van der Waals surface area contributed by atoms with Gasteiger partial charge in [0.1, 0.15) is 5.75 Å². The number of anilines is 2. The van der Waals surface area contributed by atoms with Gasteiger partial charge < -0.3 is 10.1 Å². The maximum Gasteiger partial charge on any atom is 0.280 e. The lowest BCUT2D eigenvalue weighted by atomic mass is 10.0.